The molecule has 2 aromatic heterocycles. The van der Waals surface area contributed by atoms with Gasteiger partial charge < -0.3 is 0 Å². The second-order valence-electron chi connectivity index (χ2n) is 7.68. The Kier molecular flexibility index (Phi) is 7.07. The van der Waals surface area contributed by atoms with Crippen LogP contribution < -0.4 is 0 Å². The Balaban J connectivity index is 1.46. The van der Waals surface area contributed by atoms with Crippen LogP contribution in [-0.2, 0) is 5.75 Å². The van der Waals surface area contributed by atoms with Gasteiger partial charge in [-0.15, -0.1) is 34.4 Å². The largest absolute Gasteiger partial charge is 0.293 e. The van der Waals surface area contributed by atoms with Gasteiger partial charge in [0.2, 0.25) is 0 Å². The molecule has 1 nitrogen and oxygen atoms in total. The molecule has 0 spiro atoms. The number of Topliss-reactive ketones (excluding diaryl/α,β-unsaturated/α-hetero) is 1. The van der Waals surface area contributed by atoms with Crippen LogP contribution in [0, 0.1) is 0 Å². The minimum atomic E-state index is -0.389. The summed E-state index contributed by atoms with van der Waals surface area (Å²) in [5.41, 5.74) is 2.76. The van der Waals surface area contributed by atoms with Gasteiger partial charge in [0.15, 0.2) is 5.78 Å². The maximum atomic E-state index is 13.7. The van der Waals surface area contributed by atoms with E-state index in [0.717, 1.165) is 5.56 Å². The summed E-state index contributed by atoms with van der Waals surface area (Å²) in [6.45, 7) is 0. The predicted octanol–water partition coefficient (Wildman–Crippen LogP) is 9.58. The first-order valence-corrected chi connectivity index (χ1v) is 14.3. The zero-order chi connectivity index (χ0) is 22.9. The molecule has 0 radical (unpaired) electrons. The summed E-state index contributed by atoms with van der Waals surface area (Å²) in [5.74, 6) is 0.710. The van der Waals surface area contributed by atoms with Crippen molar-refractivity contribution in [1.29, 1.82) is 0 Å². The van der Waals surface area contributed by atoms with Crippen molar-refractivity contribution < 1.29 is 4.79 Å². The van der Waals surface area contributed by atoms with Gasteiger partial charge in [-0.25, -0.2) is 0 Å². The van der Waals surface area contributed by atoms with E-state index in [9.17, 15) is 4.79 Å². The number of thioether (sulfide) groups is 1. The fourth-order valence-corrected chi connectivity index (χ4v) is 7.33. The van der Waals surface area contributed by atoms with Crippen LogP contribution in [0.3, 0.4) is 0 Å². The molecule has 5 rings (SSSR count). The Labute approximate surface area is 220 Å². The van der Waals surface area contributed by atoms with E-state index in [4.69, 9.17) is 35.8 Å². The molecule has 0 aliphatic heterocycles. The summed E-state index contributed by atoms with van der Waals surface area (Å²) in [6.07, 6.45) is 0. The van der Waals surface area contributed by atoms with E-state index >= 15 is 0 Å². The van der Waals surface area contributed by atoms with Crippen LogP contribution in [-0.4, -0.2) is 11.0 Å². The predicted molar refractivity (Wildman–Crippen MR) is 151 cm³/mol. The van der Waals surface area contributed by atoms with Crippen molar-refractivity contribution in [2.75, 3.05) is 0 Å². The van der Waals surface area contributed by atoms with Crippen LogP contribution in [0.2, 0.25) is 10.0 Å². The third-order valence-electron chi connectivity index (χ3n) is 5.51. The minimum absolute atomic E-state index is 0.000550. The van der Waals surface area contributed by atoms with Gasteiger partial charge in [0.05, 0.1) is 15.3 Å². The van der Waals surface area contributed by atoms with Crippen molar-refractivity contribution in [3.8, 4) is 0 Å². The molecular formula is C26H18Cl2OS4. The van der Waals surface area contributed by atoms with Crippen LogP contribution in [0.25, 0.3) is 20.2 Å². The maximum absolute atomic E-state index is 13.7. The quantitative estimate of drug-likeness (QED) is 0.162. The lowest BCUT2D eigenvalue weighted by atomic mass is 10.0. The molecule has 0 aliphatic carbocycles. The van der Waals surface area contributed by atoms with Crippen LogP contribution >= 0.6 is 70.3 Å². The average Bonchev–Trinajstić information content (AvgIpc) is 3.49. The molecule has 2 heterocycles. The van der Waals surface area contributed by atoms with E-state index in [1.54, 1.807) is 52.6 Å². The van der Waals surface area contributed by atoms with Crippen molar-refractivity contribution in [2.45, 2.75) is 16.3 Å². The molecule has 33 heavy (non-hydrogen) atoms. The summed E-state index contributed by atoms with van der Waals surface area (Å²) in [6, 6.07) is 22.1. The molecule has 0 amide bonds. The Morgan fingerprint density at radius 3 is 2.27 bits per heavy atom. The molecule has 5 aromatic rings. The van der Waals surface area contributed by atoms with Gasteiger partial charge in [-0.3, -0.25) is 4.79 Å². The number of thiophene rings is 2. The molecule has 0 fully saturated rings. The number of benzene rings is 3. The highest BCUT2D eigenvalue weighted by Gasteiger charge is 2.29. The van der Waals surface area contributed by atoms with Crippen molar-refractivity contribution in [1.82, 2.24) is 0 Å². The van der Waals surface area contributed by atoms with E-state index in [1.807, 2.05) is 0 Å². The first-order valence-electron chi connectivity index (χ1n) is 10.2. The number of halogens is 2. The Hall–Kier alpha value is -1.47. The lowest BCUT2D eigenvalue weighted by Gasteiger charge is -2.23. The van der Waals surface area contributed by atoms with Crippen molar-refractivity contribution >= 4 is 96.2 Å². The van der Waals surface area contributed by atoms with E-state index in [1.165, 1.54) is 25.7 Å². The number of carbonyl (C=O) groups excluding carboxylic acids is 1. The normalized spacial score (nSPS) is 13.4. The average molecular weight is 546 g/mol. The van der Waals surface area contributed by atoms with Crippen LogP contribution in [0.15, 0.2) is 77.5 Å². The van der Waals surface area contributed by atoms with Crippen molar-refractivity contribution in [3.05, 3.63) is 104 Å². The highest BCUT2D eigenvalue weighted by molar-refractivity contribution is 8.00. The number of rotatable bonds is 7. The highest BCUT2D eigenvalue weighted by Crippen LogP contribution is 2.38. The second kappa shape index (κ2) is 10.0. The number of carbonyl (C=O) groups is 1. The molecular weight excluding hydrogens is 527 g/mol. The van der Waals surface area contributed by atoms with Crippen LogP contribution in [0.1, 0.15) is 26.7 Å². The van der Waals surface area contributed by atoms with Crippen LogP contribution in [0.5, 0.6) is 0 Å². The third-order valence-corrected chi connectivity index (χ3v) is 10.2. The molecule has 0 saturated heterocycles. The number of fused-ring (bicyclic) bond motifs is 2. The lowest BCUT2D eigenvalue weighted by molar-refractivity contribution is 0.0988. The summed E-state index contributed by atoms with van der Waals surface area (Å²) >= 11 is 22.3. The molecule has 7 heteroatoms. The van der Waals surface area contributed by atoms with Gasteiger partial charge in [-0.1, -0.05) is 35.3 Å². The third kappa shape index (κ3) is 5.00. The number of thiol groups is 1. The SMILES string of the molecule is O=C(c1ccc(Cl)c(Cl)c1)C(SCc1ccc2sccc2c1)C(S)c1ccc2sccc2c1. The lowest BCUT2D eigenvalue weighted by Crippen LogP contribution is -2.23. The number of ketones is 1. The van der Waals surface area contributed by atoms with Gasteiger partial charge >= 0.3 is 0 Å². The fourth-order valence-electron chi connectivity index (χ4n) is 3.76. The minimum Gasteiger partial charge on any atom is -0.293 e. The number of hydrogen-bond donors (Lipinski definition) is 1. The molecule has 2 unspecified atom stereocenters. The van der Waals surface area contributed by atoms with Gasteiger partial charge in [-0.05, 0) is 87.3 Å². The van der Waals surface area contributed by atoms with Gasteiger partial charge in [0.25, 0.3) is 0 Å². The van der Waals surface area contributed by atoms with E-state index in [-0.39, 0.29) is 16.3 Å². The second-order valence-corrected chi connectivity index (χ2v) is 12.1. The van der Waals surface area contributed by atoms with E-state index in [2.05, 4.69) is 59.3 Å². The smallest absolute Gasteiger partial charge is 0.177 e. The fraction of sp³-hybridized carbons (Fsp3) is 0.115. The molecule has 166 valence electrons. The molecule has 3 aromatic carbocycles. The summed E-state index contributed by atoms with van der Waals surface area (Å²) in [7, 11) is 0. The van der Waals surface area contributed by atoms with Gasteiger partial charge in [-0.2, -0.15) is 12.6 Å². The standard InChI is InChI=1S/C26H18Cl2OS4/c27-20-4-2-18(13-21(20)28)24(29)26(25(30)19-3-6-23-17(12-19)8-10-32-23)33-14-15-1-5-22-16(11-15)7-9-31-22/h1-13,25-26,30H,14H2. The molecule has 0 saturated carbocycles. The molecule has 0 bridgehead atoms. The highest BCUT2D eigenvalue weighted by atomic mass is 35.5. The van der Waals surface area contributed by atoms with E-state index < -0.39 is 0 Å². The van der Waals surface area contributed by atoms with Crippen molar-refractivity contribution in [2.24, 2.45) is 0 Å². The summed E-state index contributed by atoms with van der Waals surface area (Å²) in [4.78, 5) is 13.7. The van der Waals surface area contributed by atoms with Crippen LogP contribution in [0.4, 0.5) is 0 Å². The molecule has 2 atom stereocenters. The van der Waals surface area contributed by atoms with Gasteiger partial charge in [0, 0.05) is 26.0 Å². The van der Waals surface area contributed by atoms with Gasteiger partial charge in [0.1, 0.15) is 0 Å². The monoisotopic (exact) mass is 544 g/mol. The topological polar surface area (TPSA) is 17.1 Å². The summed E-state index contributed by atoms with van der Waals surface area (Å²) < 4.78 is 2.49. The Morgan fingerprint density at radius 1 is 0.848 bits per heavy atom. The maximum Gasteiger partial charge on any atom is 0.177 e. The Bertz CT molecular complexity index is 1460. The molecule has 0 aliphatic rings. The zero-order valence-corrected chi connectivity index (χ0v) is 22.1. The summed E-state index contributed by atoms with van der Waals surface area (Å²) in [5, 5.41) is 6.74. The number of hydrogen-bond acceptors (Lipinski definition) is 5. The molecule has 0 N–H and O–H groups in total. The Morgan fingerprint density at radius 2 is 1.55 bits per heavy atom. The van der Waals surface area contributed by atoms with E-state index in [0.29, 0.717) is 21.4 Å². The first kappa shape index (κ1) is 23.3. The first-order chi connectivity index (χ1) is 16.0. The van der Waals surface area contributed by atoms with Crippen molar-refractivity contribution in [3.63, 3.8) is 0 Å². The zero-order valence-electron chi connectivity index (χ0n) is 17.2.